The molecule has 1 saturated heterocycles. The summed E-state index contributed by atoms with van der Waals surface area (Å²) in [5.41, 5.74) is 0.443. The van der Waals surface area contributed by atoms with Crippen LogP contribution in [0.3, 0.4) is 0 Å². The van der Waals surface area contributed by atoms with Crippen LogP contribution in [0.2, 0.25) is 5.02 Å². The highest BCUT2D eigenvalue weighted by atomic mass is 35.5. The number of nitrogens with one attached hydrogen (secondary N) is 2. The van der Waals surface area contributed by atoms with Gasteiger partial charge in [-0.05, 0) is 56.8 Å². The van der Waals surface area contributed by atoms with Gasteiger partial charge in [0.15, 0.2) is 0 Å². The van der Waals surface area contributed by atoms with Crippen LogP contribution in [0.25, 0.3) is 0 Å². The number of halogens is 2. The molecular formula is C17H26Cl2N2O. The van der Waals surface area contributed by atoms with Gasteiger partial charge in [-0.3, -0.25) is 4.79 Å². The third-order valence-corrected chi connectivity index (χ3v) is 4.93. The molecule has 1 heterocycles. The lowest BCUT2D eigenvalue weighted by atomic mass is 9.79. The molecule has 0 saturated carbocycles. The van der Waals surface area contributed by atoms with Crippen LogP contribution in [0.5, 0.6) is 0 Å². The highest BCUT2D eigenvalue weighted by Gasteiger charge is 2.34. The Kier molecular flexibility index (Phi) is 6.72. The van der Waals surface area contributed by atoms with Crippen molar-refractivity contribution in [2.24, 2.45) is 5.41 Å². The standard InChI is InChI=1S/C17H25ClN2O.ClH/c1-16(2,13-6-4-5-7-14(13)18)15(21)20-12-17(3)8-10-19-11-9-17;/h4-7,19H,8-12H2,1-3H3,(H,20,21);1H. The Hall–Kier alpha value is -0.770. The first-order valence-corrected chi connectivity index (χ1v) is 7.97. The molecule has 0 radical (unpaired) electrons. The molecule has 2 rings (SSSR count). The van der Waals surface area contributed by atoms with Crippen molar-refractivity contribution in [1.29, 1.82) is 0 Å². The van der Waals surface area contributed by atoms with Crippen molar-refractivity contribution < 1.29 is 4.79 Å². The maximum Gasteiger partial charge on any atom is 0.230 e. The van der Waals surface area contributed by atoms with Crippen LogP contribution in [0.1, 0.15) is 39.2 Å². The van der Waals surface area contributed by atoms with Gasteiger partial charge >= 0.3 is 0 Å². The number of hydrogen-bond donors (Lipinski definition) is 2. The molecule has 1 aliphatic rings. The molecule has 22 heavy (non-hydrogen) atoms. The molecule has 0 unspecified atom stereocenters. The Morgan fingerprint density at radius 3 is 2.50 bits per heavy atom. The molecule has 0 spiro atoms. The second-order valence-corrected chi connectivity index (χ2v) is 7.26. The first-order chi connectivity index (χ1) is 9.85. The van der Waals surface area contributed by atoms with Gasteiger partial charge in [0.1, 0.15) is 0 Å². The average molecular weight is 345 g/mol. The van der Waals surface area contributed by atoms with E-state index in [2.05, 4.69) is 17.6 Å². The molecule has 0 aromatic heterocycles. The highest BCUT2D eigenvalue weighted by Crippen LogP contribution is 2.31. The van der Waals surface area contributed by atoms with Gasteiger partial charge in [0.05, 0.1) is 5.41 Å². The summed E-state index contributed by atoms with van der Waals surface area (Å²) in [7, 11) is 0. The van der Waals surface area contributed by atoms with E-state index in [1.165, 1.54) is 0 Å². The number of hydrogen-bond acceptors (Lipinski definition) is 2. The zero-order chi connectivity index (χ0) is 15.5. The molecule has 2 N–H and O–H groups in total. The maximum atomic E-state index is 12.6. The van der Waals surface area contributed by atoms with E-state index in [0.29, 0.717) is 5.02 Å². The minimum Gasteiger partial charge on any atom is -0.355 e. The molecule has 0 aliphatic carbocycles. The topological polar surface area (TPSA) is 41.1 Å². The second-order valence-electron chi connectivity index (χ2n) is 6.85. The van der Waals surface area contributed by atoms with E-state index in [4.69, 9.17) is 11.6 Å². The van der Waals surface area contributed by atoms with Gasteiger partial charge in [-0.2, -0.15) is 0 Å². The summed E-state index contributed by atoms with van der Waals surface area (Å²) in [5, 5.41) is 7.14. The van der Waals surface area contributed by atoms with E-state index < -0.39 is 5.41 Å². The van der Waals surface area contributed by atoms with Gasteiger partial charge in [0, 0.05) is 11.6 Å². The van der Waals surface area contributed by atoms with E-state index in [9.17, 15) is 4.79 Å². The molecule has 1 fully saturated rings. The number of piperidine rings is 1. The molecule has 1 aliphatic heterocycles. The molecule has 1 amide bonds. The molecule has 5 heteroatoms. The lowest BCUT2D eigenvalue weighted by Gasteiger charge is -2.35. The fraction of sp³-hybridized carbons (Fsp3) is 0.588. The SMILES string of the molecule is CC1(CNC(=O)C(C)(C)c2ccccc2Cl)CCNCC1.Cl. The molecule has 1 aromatic rings. The van der Waals surface area contributed by atoms with Crippen LogP contribution in [0.15, 0.2) is 24.3 Å². The first kappa shape index (κ1) is 19.3. The van der Waals surface area contributed by atoms with Crippen molar-refractivity contribution in [2.75, 3.05) is 19.6 Å². The quantitative estimate of drug-likeness (QED) is 0.876. The van der Waals surface area contributed by atoms with E-state index in [1.807, 2.05) is 38.1 Å². The van der Waals surface area contributed by atoms with Gasteiger partial charge in [-0.1, -0.05) is 36.7 Å². The van der Waals surface area contributed by atoms with Crippen molar-refractivity contribution in [3.8, 4) is 0 Å². The molecule has 1 aromatic carbocycles. The van der Waals surface area contributed by atoms with Crippen LogP contribution >= 0.6 is 24.0 Å². The third-order valence-electron chi connectivity index (χ3n) is 4.60. The second kappa shape index (κ2) is 7.67. The fourth-order valence-corrected chi connectivity index (χ4v) is 3.18. The van der Waals surface area contributed by atoms with Crippen molar-refractivity contribution >= 4 is 29.9 Å². The Balaban J connectivity index is 0.00000242. The molecule has 0 bridgehead atoms. The molecular weight excluding hydrogens is 319 g/mol. The Morgan fingerprint density at radius 2 is 1.91 bits per heavy atom. The summed E-state index contributed by atoms with van der Waals surface area (Å²) in [5.74, 6) is 0.0374. The number of rotatable bonds is 4. The lowest BCUT2D eigenvalue weighted by Crippen LogP contribution is -2.47. The Labute approximate surface area is 144 Å². The number of carbonyl (C=O) groups is 1. The van der Waals surface area contributed by atoms with Gasteiger partial charge in [-0.15, -0.1) is 12.4 Å². The predicted octanol–water partition coefficient (Wildman–Crippen LogP) is 3.55. The highest BCUT2D eigenvalue weighted by molar-refractivity contribution is 6.31. The summed E-state index contributed by atoms with van der Waals surface area (Å²) in [6.07, 6.45) is 2.19. The van der Waals surface area contributed by atoms with Crippen molar-refractivity contribution in [1.82, 2.24) is 10.6 Å². The minimum absolute atomic E-state index is 0. The number of amides is 1. The van der Waals surface area contributed by atoms with Crippen molar-refractivity contribution in [2.45, 2.75) is 39.0 Å². The first-order valence-electron chi connectivity index (χ1n) is 7.59. The normalized spacial score (nSPS) is 17.5. The van der Waals surface area contributed by atoms with Gasteiger partial charge in [-0.25, -0.2) is 0 Å². The molecule has 0 atom stereocenters. The summed E-state index contributed by atoms with van der Waals surface area (Å²) in [4.78, 5) is 12.6. The summed E-state index contributed by atoms with van der Waals surface area (Å²) in [6.45, 7) is 8.88. The molecule has 3 nitrogen and oxygen atoms in total. The van der Waals surface area contributed by atoms with Crippen molar-refractivity contribution in [3.05, 3.63) is 34.9 Å². The zero-order valence-corrected chi connectivity index (χ0v) is 15.1. The number of benzene rings is 1. The third kappa shape index (κ3) is 4.37. The molecule has 124 valence electrons. The maximum absolute atomic E-state index is 12.6. The van der Waals surface area contributed by atoms with Crippen LogP contribution in [0.4, 0.5) is 0 Å². The van der Waals surface area contributed by atoms with Gasteiger partial charge in [0.25, 0.3) is 0 Å². The van der Waals surface area contributed by atoms with E-state index in [-0.39, 0.29) is 23.7 Å². The smallest absolute Gasteiger partial charge is 0.230 e. The Bertz CT molecular complexity index is 511. The van der Waals surface area contributed by atoms with Crippen LogP contribution in [0, 0.1) is 5.41 Å². The van der Waals surface area contributed by atoms with E-state index >= 15 is 0 Å². The van der Waals surface area contributed by atoms with Gasteiger partial charge in [0.2, 0.25) is 5.91 Å². The van der Waals surface area contributed by atoms with Crippen molar-refractivity contribution in [3.63, 3.8) is 0 Å². The summed E-state index contributed by atoms with van der Waals surface area (Å²) >= 11 is 6.24. The van der Waals surface area contributed by atoms with E-state index in [1.54, 1.807) is 0 Å². The fourth-order valence-electron chi connectivity index (χ4n) is 2.81. The predicted molar refractivity (Wildman–Crippen MR) is 94.9 cm³/mol. The van der Waals surface area contributed by atoms with Gasteiger partial charge < -0.3 is 10.6 Å². The zero-order valence-electron chi connectivity index (χ0n) is 13.5. The summed E-state index contributed by atoms with van der Waals surface area (Å²) in [6, 6.07) is 7.56. The lowest BCUT2D eigenvalue weighted by molar-refractivity contribution is -0.126. The minimum atomic E-state index is -0.623. The average Bonchev–Trinajstić information content (AvgIpc) is 2.46. The van der Waals surface area contributed by atoms with Crippen LogP contribution in [-0.2, 0) is 10.2 Å². The monoisotopic (exact) mass is 344 g/mol. The number of carbonyl (C=O) groups excluding carboxylic acids is 1. The van der Waals surface area contributed by atoms with E-state index in [0.717, 1.165) is 38.0 Å². The summed E-state index contributed by atoms with van der Waals surface area (Å²) < 4.78 is 0. The Morgan fingerprint density at radius 1 is 1.32 bits per heavy atom. The largest absolute Gasteiger partial charge is 0.355 e. The van der Waals surface area contributed by atoms with Crippen LogP contribution < -0.4 is 10.6 Å². The van der Waals surface area contributed by atoms with Crippen LogP contribution in [-0.4, -0.2) is 25.5 Å².